The molecular formula is C29H39BN2O9S. The third kappa shape index (κ3) is 6.83. The van der Waals surface area contributed by atoms with Crippen molar-refractivity contribution in [2.75, 3.05) is 26.3 Å². The minimum atomic E-state index is -4.06. The summed E-state index contributed by atoms with van der Waals surface area (Å²) in [7, 11) is -5.79. The largest absolute Gasteiger partial charge is 0.488 e. The van der Waals surface area contributed by atoms with E-state index in [4.69, 9.17) is 14.2 Å². The number of sulfonamides is 1. The van der Waals surface area contributed by atoms with Crippen LogP contribution < -0.4 is 10.8 Å². The number of ether oxygens (including phenoxy) is 3. The first kappa shape index (κ1) is 30.9. The minimum Gasteiger partial charge on any atom is -0.445 e. The van der Waals surface area contributed by atoms with Crippen LogP contribution in [0, 0.1) is 23.7 Å². The molecule has 0 radical (unpaired) electrons. The second kappa shape index (κ2) is 13.0. The second-order valence-electron chi connectivity index (χ2n) is 11.9. The van der Waals surface area contributed by atoms with E-state index >= 15 is 0 Å². The molecule has 2 heterocycles. The first-order valence-corrected chi connectivity index (χ1v) is 15.9. The molecule has 2 saturated heterocycles. The predicted molar refractivity (Wildman–Crippen MR) is 154 cm³/mol. The first-order valence-electron chi connectivity index (χ1n) is 14.4. The van der Waals surface area contributed by atoms with Crippen LogP contribution in [-0.4, -0.2) is 91.9 Å². The number of alkyl carbamates (subject to hydrolysis) is 1. The predicted octanol–water partition coefficient (Wildman–Crippen LogP) is 0.719. The Morgan fingerprint density at radius 2 is 1.74 bits per heavy atom. The molecule has 1 aliphatic carbocycles. The number of aliphatic hydroxyl groups excluding tert-OH is 1. The first-order chi connectivity index (χ1) is 20.0. The maximum Gasteiger partial charge on any atom is 0.488 e. The van der Waals surface area contributed by atoms with Gasteiger partial charge in [0, 0.05) is 30.8 Å². The van der Waals surface area contributed by atoms with Crippen molar-refractivity contribution in [2.45, 2.75) is 56.1 Å². The number of carbonyl (C=O) groups excluding carboxylic acids is 1. The molecule has 2 aliphatic heterocycles. The van der Waals surface area contributed by atoms with Crippen LogP contribution in [0.1, 0.15) is 25.8 Å². The number of nitrogens with zero attached hydrogens (tertiary/aromatic N) is 1. The number of fused-ring (bicyclic) bond motifs is 1. The van der Waals surface area contributed by atoms with Crippen LogP contribution in [0.4, 0.5) is 4.79 Å². The lowest BCUT2D eigenvalue weighted by molar-refractivity contribution is -0.169. The Kier molecular flexibility index (Phi) is 9.58. The molecule has 2 bridgehead atoms. The van der Waals surface area contributed by atoms with Gasteiger partial charge in [0.15, 0.2) is 6.29 Å². The van der Waals surface area contributed by atoms with Crippen LogP contribution in [0.5, 0.6) is 0 Å². The van der Waals surface area contributed by atoms with Crippen LogP contribution in [-0.2, 0) is 30.7 Å². The number of benzene rings is 2. The lowest BCUT2D eigenvalue weighted by Gasteiger charge is -2.31. The van der Waals surface area contributed by atoms with Gasteiger partial charge >= 0.3 is 13.2 Å². The van der Waals surface area contributed by atoms with Crippen molar-refractivity contribution in [1.29, 1.82) is 0 Å². The highest BCUT2D eigenvalue weighted by Gasteiger charge is 2.56. The van der Waals surface area contributed by atoms with Crippen molar-refractivity contribution in [3.05, 3.63) is 60.2 Å². The van der Waals surface area contributed by atoms with Gasteiger partial charge in [-0.05, 0) is 41.9 Å². The molecule has 1 saturated carbocycles. The van der Waals surface area contributed by atoms with E-state index in [1.165, 1.54) is 28.6 Å². The molecule has 0 spiro atoms. The number of rotatable bonds is 12. The molecule has 5 rings (SSSR count). The van der Waals surface area contributed by atoms with Crippen LogP contribution in [0.3, 0.4) is 0 Å². The summed E-state index contributed by atoms with van der Waals surface area (Å²) in [5, 5.41) is 33.1. The number of amides is 1. The standard InChI is InChI=1S/C29H39BN2O9S/c1-18(2)14-32(42(37,38)22-10-8-21(9-11-22)30(35)36)15-26(33)25(12-19-6-4-3-5-7-19)31-29(34)41-27-20-13-23-24(27)17-40-28(23)39-16-20/h3-11,18,20,23-28,33,35-36H,12-17H2,1-2H3,(H,31,34)/t20?,23?,24?,25-,26+,27-,28-/m0/s1. The smallest absolute Gasteiger partial charge is 0.445 e. The maximum atomic E-state index is 13.7. The molecule has 4 N–H and O–H groups in total. The quantitative estimate of drug-likeness (QED) is 0.257. The van der Waals surface area contributed by atoms with E-state index in [1.807, 2.05) is 44.2 Å². The molecule has 3 aliphatic rings. The highest BCUT2D eigenvalue weighted by Crippen LogP contribution is 2.49. The zero-order valence-corrected chi connectivity index (χ0v) is 24.6. The molecule has 3 unspecified atom stereocenters. The Morgan fingerprint density at radius 3 is 2.40 bits per heavy atom. The summed E-state index contributed by atoms with van der Waals surface area (Å²) in [4.78, 5) is 13.2. The summed E-state index contributed by atoms with van der Waals surface area (Å²) < 4.78 is 45.9. The zero-order valence-electron chi connectivity index (χ0n) is 23.8. The van der Waals surface area contributed by atoms with Gasteiger partial charge in [-0.1, -0.05) is 56.3 Å². The van der Waals surface area contributed by atoms with Crippen molar-refractivity contribution in [1.82, 2.24) is 9.62 Å². The maximum absolute atomic E-state index is 13.7. The third-order valence-corrected chi connectivity index (χ3v) is 10.2. The Balaban J connectivity index is 1.33. The van der Waals surface area contributed by atoms with E-state index in [1.54, 1.807) is 0 Å². The van der Waals surface area contributed by atoms with Gasteiger partial charge in [0.1, 0.15) is 6.10 Å². The van der Waals surface area contributed by atoms with Crippen molar-refractivity contribution in [3.8, 4) is 0 Å². The Hall–Kier alpha value is -2.52. The van der Waals surface area contributed by atoms with Gasteiger partial charge in [-0.15, -0.1) is 0 Å². The van der Waals surface area contributed by atoms with Gasteiger partial charge in [0.2, 0.25) is 10.0 Å². The van der Waals surface area contributed by atoms with Gasteiger partial charge in [0.25, 0.3) is 0 Å². The average molecular weight is 603 g/mol. The summed E-state index contributed by atoms with van der Waals surface area (Å²) >= 11 is 0. The summed E-state index contributed by atoms with van der Waals surface area (Å²) in [6, 6.07) is 13.8. The van der Waals surface area contributed by atoms with Crippen molar-refractivity contribution in [3.63, 3.8) is 0 Å². The van der Waals surface area contributed by atoms with Crippen LogP contribution >= 0.6 is 0 Å². The van der Waals surface area contributed by atoms with Crippen LogP contribution in [0.15, 0.2) is 59.5 Å². The average Bonchev–Trinajstić information content (AvgIpc) is 3.49. The van der Waals surface area contributed by atoms with Crippen molar-refractivity contribution >= 4 is 28.7 Å². The van der Waals surface area contributed by atoms with Gasteiger partial charge in [-0.2, -0.15) is 4.31 Å². The number of aliphatic hydroxyl groups is 1. The van der Waals surface area contributed by atoms with Gasteiger partial charge in [0.05, 0.1) is 30.3 Å². The number of hydrogen-bond donors (Lipinski definition) is 4. The zero-order chi connectivity index (χ0) is 30.0. The lowest BCUT2D eigenvalue weighted by Crippen LogP contribution is -2.52. The fourth-order valence-corrected chi connectivity index (χ4v) is 7.91. The van der Waals surface area contributed by atoms with E-state index in [9.17, 15) is 28.4 Å². The van der Waals surface area contributed by atoms with Gasteiger partial charge < -0.3 is 34.7 Å². The molecule has 11 nitrogen and oxygen atoms in total. The normalized spacial score (nSPS) is 26.3. The van der Waals surface area contributed by atoms with Crippen molar-refractivity contribution in [2.24, 2.45) is 23.7 Å². The van der Waals surface area contributed by atoms with Gasteiger partial charge in [-0.25, -0.2) is 13.2 Å². The third-order valence-electron chi connectivity index (χ3n) is 8.37. The molecule has 42 heavy (non-hydrogen) atoms. The molecular weight excluding hydrogens is 563 g/mol. The molecule has 1 amide bonds. The van der Waals surface area contributed by atoms with E-state index in [2.05, 4.69) is 5.32 Å². The molecule has 2 aromatic carbocycles. The van der Waals surface area contributed by atoms with E-state index in [0.717, 1.165) is 12.0 Å². The van der Waals surface area contributed by atoms with Crippen LogP contribution in [0.25, 0.3) is 0 Å². The minimum absolute atomic E-state index is 0.0432. The molecule has 0 aromatic heterocycles. The number of carbonyl (C=O) groups is 1. The SMILES string of the molecule is CC(C)CN(C[C@@H](O)[C@H](Cc1ccccc1)NC(=O)O[C@H]1C2CO[C@H]3OCC1C3C2)S(=O)(=O)c1ccc(B(O)O)cc1. The Bertz CT molecular complexity index is 1310. The topological polar surface area (TPSA) is 155 Å². The fraction of sp³-hybridized carbons (Fsp3) is 0.552. The fourth-order valence-electron chi connectivity index (χ4n) is 6.28. The van der Waals surface area contributed by atoms with E-state index in [0.29, 0.717) is 13.2 Å². The summed E-state index contributed by atoms with van der Waals surface area (Å²) in [6.07, 6.45) is -1.40. The Labute approximate surface area is 247 Å². The highest BCUT2D eigenvalue weighted by atomic mass is 32.2. The number of nitrogens with one attached hydrogen (secondary N) is 1. The summed E-state index contributed by atoms with van der Waals surface area (Å²) in [5.74, 6) is 0.304. The number of hydrogen-bond acceptors (Lipinski definition) is 9. The van der Waals surface area contributed by atoms with E-state index < -0.39 is 35.4 Å². The summed E-state index contributed by atoms with van der Waals surface area (Å²) in [6.45, 7) is 4.53. The molecule has 2 aromatic rings. The molecule has 228 valence electrons. The van der Waals surface area contributed by atoms with Crippen molar-refractivity contribution < 1.29 is 42.6 Å². The van der Waals surface area contributed by atoms with Gasteiger partial charge in [-0.3, -0.25) is 0 Å². The molecule has 3 fully saturated rings. The lowest BCUT2D eigenvalue weighted by atomic mass is 9.81. The Morgan fingerprint density at radius 1 is 1.05 bits per heavy atom. The highest BCUT2D eigenvalue weighted by molar-refractivity contribution is 7.89. The summed E-state index contributed by atoms with van der Waals surface area (Å²) in [5.41, 5.74) is 1.02. The second-order valence-corrected chi connectivity index (χ2v) is 13.8. The van der Waals surface area contributed by atoms with Crippen LogP contribution in [0.2, 0.25) is 0 Å². The van der Waals surface area contributed by atoms with E-state index in [-0.39, 0.29) is 65.9 Å². The molecule has 13 heteroatoms. The molecule has 7 atom stereocenters. The monoisotopic (exact) mass is 602 g/mol.